The molecule has 8 heteroatoms. The number of aryl methyl sites for hydroxylation is 1. The molecule has 3 aromatic rings. The average Bonchev–Trinajstić information content (AvgIpc) is 3.47. The molecule has 192 valence electrons. The highest BCUT2D eigenvalue weighted by atomic mass is 32.1. The third-order valence-corrected chi connectivity index (χ3v) is 6.86. The van der Waals surface area contributed by atoms with Gasteiger partial charge < -0.3 is 14.6 Å². The maximum absolute atomic E-state index is 13.3. The zero-order valence-electron chi connectivity index (χ0n) is 21.2. The molecule has 0 bridgehead atoms. The average molecular weight is 520 g/mol. The smallest absolute Gasteiger partial charge is 0.310 e. The first kappa shape index (κ1) is 26.2. The second-order valence-electron chi connectivity index (χ2n) is 8.98. The number of nitrogens with zero attached hydrogens (tertiary/aromatic N) is 1. The SMILES string of the molecule is CCOc1ccc(/C(O)=C2/C(=O)C(=O)N(c3ccc(CC(=O)OC(C)C)cc3)C2c2cccs2)cc1C. The van der Waals surface area contributed by atoms with Crippen LogP contribution in [0.25, 0.3) is 5.76 Å². The van der Waals surface area contributed by atoms with Crippen LogP contribution in [0, 0.1) is 6.92 Å². The van der Waals surface area contributed by atoms with Gasteiger partial charge in [0.05, 0.1) is 24.7 Å². The Morgan fingerprint density at radius 3 is 2.43 bits per heavy atom. The molecule has 0 saturated carbocycles. The van der Waals surface area contributed by atoms with E-state index in [-0.39, 0.29) is 29.8 Å². The van der Waals surface area contributed by atoms with Gasteiger partial charge >= 0.3 is 5.97 Å². The summed E-state index contributed by atoms with van der Waals surface area (Å²) in [6.45, 7) is 7.83. The van der Waals surface area contributed by atoms with E-state index >= 15 is 0 Å². The fourth-order valence-corrected chi connectivity index (χ4v) is 5.15. The standard InChI is InChI=1S/C29H29NO6S/c1-5-35-22-13-10-20(15-18(22)4)27(32)25-26(23-7-6-14-37-23)30(29(34)28(25)33)21-11-8-19(9-12-21)16-24(31)36-17(2)3/h6-15,17,26,32H,5,16H2,1-4H3/b27-25-. The second-order valence-corrected chi connectivity index (χ2v) is 9.96. The lowest BCUT2D eigenvalue weighted by Crippen LogP contribution is -2.29. The van der Waals surface area contributed by atoms with E-state index < -0.39 is 17.7 Å². The van der Waals surface area contributed by atoms with Gasteiger partial charge in [0.2, 0.25) is 0 Å². The first-order valence-electron chi connectivity index (χ1n) is 12.1. The second kappa shape index (κ2) is 11.0. The number of Topliss-reactive ketones (excluding diaryl/α,β-unsaturated/α-hetero) is 1. The number of ether oxygens (including phenoxy) is 2. The van der Waals surface area contributed by atoms with Crippen molar-refractivity contribution in [2.75, 3.05) is 11.5 Å². The Morgan fingerprint density at radius 2 is 1.84 bits per heavy atom. The van der Waals surface area contributed by atoms with E-state index in [1.54, 1.807) is 56.3 Å². The predicted octanol–water partition coefficient (Wildman–Crippen LogP) is 5.58. The first-order chi connectivity index (χ1) is 17.7. The normalized spacial score (nSPS) is 16.9. The summed E-state index contributed by atoms with van der Waals surface area (Å²) in [6.07, 6.45) is -0.105. The number of ketones is 1. The molecule has 2 aromatic carbocycles. The number of hydrogen-bond acceptors (Lipinski definition) is 7. The molecule has 0 aliphatic carbocycles. The van der Waals surface area contributed by atoms with Gasteiger partial charge in [0.1, 0.15) is 17.6 Å². The van der Waals surface area contributed by atoms with E-state index in [0.717, 1.165) is 16.0 Å². The minimum atomic E-state index is -0.788. The van der Waals surface area contributed by atoms with Crippen LogP contribution in [0.4, 0.5) is 5.69 Å². The molecule has 37 heavy (non-hydrogen) atoms. The molecule has 0 radical (unpaired) electrons. The van der Waals surface area contributed by atoms with Crippen LogP contribution in [-0.4, -0.2) is 35.5 Å². The molecule has 1 fully saturated rings. The summed E-state index contributed by atoms with van der Waals surface area (Å²) in [4.78, 5) is 40.8. The van der Waals surface area contributed by atoms with Crippen molar-refractivity contribution in [3.8, 4) is 5.75 Å². The van der Waals surface area contributed by atoms with Gasteiger partial charge in [-0.05, 0) is 80.6 Å². The predicted molar refractivity (Wildman–Crippen MR) is 143 cm³/mol. The number of rotatable bonds is 8. The van der Waals surface area contributed by atoms with Crippen molar-refractivity contribution in [1.29, 1.82) is 0 Å². The third-order valence-electron chi connectivity index (χ3n) is 5.94. The summed E-state index contributed by atoms with van der Waals surface area (Å²) in [7, 11) is 0. The minimum Gasteiger partial charge on any atom is -0.507 e. The van der Waals surface area contributed by atoms with Crippen LogP contribution in [0.2, 0.25) is 0 Å². The van der Waals surface area contributed by atoms with Gasteiger partial charge in [-0.3, -0.25) is 19.3 Å². The number of hydrogen-bond donors (Lipinski definition) is 1. The summed E-state index contributed by atoms with van der Waals surface area (Å²) in [5, 5.41) is 13.2. The lowest BCUT2D eigenvalue weighted by Gasteiger charge is -2.24. The summed E-state index contributed by atoms with van der Waals surface area (Å²) >= 11 is 1.40. The van der Waals surface area contributed by atoms with Gasteiger partial charge in [-0.2, -0.15) is 0 Å². The van der Waals surface area contributed by atoms with Gasteiger partial charge in [-0.1, -0.05) is 18.2 Å². The highest BCUT2D eigenvalue weighted by Gasteiger charge is 2.47. The molecule has 1 aromatic heterocycles. The van der Waals surface area contributed by atoms with Crippen molar-refractivity contribution in [2.24, 2.45) is 0 Å². The van der Waals surface area contributed by atoms with Crippen LogP contribution in [0.1, 0.15) is 48.4 Å². The Kier molecular flexibility index (Phi) is 7.78. The number of carbonyl (C=O) groups is 3. The Bertz CT molecular complexity index is 1340. The topological polar surface area (TPSA) is 93.1 Å². The van der Waals surface area contributed by atoms with Crippen molar-refractivity contribution in [2.45, 2.75) is 46.3 Å². The number of carbonyl (C=O) groups excluding carboxylic acids is 3. The number of anilines is 1. The Labute approximate surface area is 220 Å². The summed E-state index contributed by atoms with van der Waals surface area (Å²) in [5.41, 5.74) is 2.48. The molecule has 1 N–H and O–H groups in total. The molecular formula is C29H29NO6S. The van der Waals surface area contributed by atoms with E-state index in [1.807, 2.05) is 31.4 Å². The van der Waals surface area contributed by atoms with Crippen LogP contribution in [0.5, 0.6) is 5.75 Å². The highest BCUT2D eigenvalue weighted by molar-refractivity contribution is 7.10. The number of benzene rings is 2. The van der Waals surface area contributed by atoms with Crippen LogP contribution >= 0.6 is 11.3 Å². The van der Waals surface area contributed by atoms with Gasteiger partial charge in [-0.25, -0.2) is 0 Å². The number of aliphatic hydroxyl groups is 1. The Balaban J connectivity index is 1.73. The molecule has 1 saturated heterocycles. The quantitative estimate of drug-likeness (QED) is 0.181. The van der Waals surface area contributed by atoms with Gasteiger partial charge in [0.25, 0.3) is 11.7 Å². The largest absolute Gasteiger partial charge is 0.507 e. The monoisotopic (exact) mass is 519 g/mol. The van der Waals surface area contributed by atoms with E-state index in [9.17, 15) is 19.5 Å². The van der Waals surface area contributed by atoms with Gasteiger partial charge in [-0.15, -0.1) is 11.3 Å². The first-order valence-corrected chi connectivity index (χ1v) is 13.0. The minimum absolute atomic E-state index is 0.0283. The third kappa shape index (κ3) is 5.44. The molecule has 1 amide bonds. The van der Waals surface area contributed by atoms with Crippen molar-refractivity contribution in [1.82, 2.24) is 0 Å². The highest BCUT2D eigenvalue weighted by Crippen LogP contribution is 2.43. The zero-order chi connectivity index (χ0) is 26.7. The molecule has 1 aliphatic rings. The molecule has 1 atom stereocenters. The summed E-state index contributed by atoms with van der Waals surface area (Å²) < 4.78 is 10.8. The number of thiophene rings is 1. The fourth-order valence-electron chi connectivity index (χ4n) is 4.33. The Morgan fingerprint density at radius 1 is 1.11 bits per heavy atom. The van der Waals surface area contributed by atoms with E-state index in [4.69, 9.17) is 9.47 Å². The maximum atomic E-state index is 13.3. The van der Waals surface area contributed by atoms with Crippen LogP contribution < -0.4 is 9.64 Å². The van der Waals surface area contributed by atoms with E-state index in [0.29, 0.717) is 23.6 Å². The van der Waals surface area contributed by atoms with E-state index in [1.165, 1.54) is 16.2 Å². The summed E-state index contributed by atoms with van der Waals surface area (Å²) in [5.74, 6) is -1.38. The lowest BCUT2D eigenvalue weighted by atomic mass is 9.98. The van der Waals surface area contributed by atoms with Gasteiger partial charge in [0.15, 0.2) is 0 Å². The lowest BCUT2D eigenvalue weighted by molar-refractivity contribution is -0.146. The number of aliphatic hydroxyl groups excluding tert-OH is 1. The molecule has 1 unspecified atom stereocenters. The van der Waals surface area contributed by atoms with Crippen LogP contribution in [0.15, 0.2) is 65.6 Å². The summed E-state index contributed by atoms with van der Waals surface area (Å²) in [6, 6.07) is 14.9. The van der Waals surface area contributed by atoms with Crippen molar-refractivity contribution < 1.29 is 29.0 Å². The molecule has 2 heterocycles. The van der Waals surface area contributed by atoms with Crippen molar-refractivity contribution >= 4 is 40.4 Å². The van der Waals surface area contributed by atoms with Crippen LogP contribution in [0.3, 0.4) is 0 Å². The maximum Gasteiger partial charge on any atom is 0.310 e. The molecule has 0 spiro atoms. The fraction of sp³-hybridized carbons (Fsp3) is 0.276. The zero-order valence-corrected chi connectivity index (χ0v) is 22.0. The van der Waals surface area contributed by atoms with Crippen molar-refractivity contribution in [3.05, 3.63) is 87.1 Å². The Hall–Kier alpha value is -3.91. The molecule has 7 nitrogen and oxygen atoms in total. The number of amides is 1. The van der Waals surface area contributed by atoms with E-state index in [2.05, 4.69) is 0 Å². The molecule has 4 rings (SSSR count). The molecule has 1 aliphatic heterocycles. The molecular weight excluding hydrogens is 490 g/mol. The van der Waals surface area contributed by atoms with Crippen LogP contribution in [-0.2, 0) is 25.5 Å². The number of esters is 1. The van der Waals surface area contributed by atoms with Gasteiger partial charge in [0, 0.05) is 16.1 Å². The van der Waals surface area contributed by atoms with Crippen molar-refractivity contribution in [3.63, 3.8) is 0 Å².